The highest BCUT2D eigenvalue weighted by Crippen LogP contribution is 2.43. The Morgan fingerprint density at radius 3 is 1.35 bits per heavy atom. The van der Waals surface area contributed by atoms with Crippen LogP contribution in [-0.4, -0.2) is 4.57 Å². The zero-order chi connectivity index (χ0) is 35.8. The van der Waals surface area contributed by atoms with Crippen molar-refractivity contribution in [2.24, 2.45) is 0 Å². The molecule has 2 nitrogen and oxygen atoms in total. The number of fused-ring (bicyclic) bond motifs is 4. The van der Waals surface area contributed by atoms with Gasteiger partial charge in [-0.15, -0.1) is 0 Å². The second kappa shape index (κ2) is 13.4. The molecular formula is C52H36N2. The molecule has 0 amide bonds. The van der Waals surface area contributed by atoms with Gasteiger partial charge in [-0.05, 0) is 93.2 Å². The molecule has 54 heavy (non-hydrogen) atoms. The quantitative estimate of drug-likeness (QED) is 0.162. The minimum Gasteiger partial charge on any atom is -0.310 e. The van der Waals surface area contributed by atoms with Crippen LogP contribution in [0.25, 0.3) is 71.6 Å². The maximum absolute atomic E-state index is 2.39. The van der Waals surface area contributed by atoms with Gasteiger partial charge in [0.2, 0.25) is 0 Å². The van der Waals surface area contributed by atoms with E-state index in [1.54, 1.807) is 0 Å². The van der Waals surface area contributed by atoms with Gasteiger partial charge in [0.15, 0.2) is 0 Å². The molecule has 0 saturated heterocycles. The molecule has 0 spiro atoms. The summed E-state index contributed by atoms with van der Waals surface area (Å²) in [5, 5.41) is 5.03. The number of rotatable bonds is 7. The summed E-state index contributed by atoms with van der Waals surface area (Å²) in [6.07, 6.45) is 0. The number of nitrogens with zero attached hydrogens (tertiary/aromatic N) is 2. The number of hydrogen-bond acceptors (Lipinski definition) is 1. The summed E-state index contributed by atoms with van der Waals surface area (Å²) in [7, 11) is 0. The van der Waals surface area contributed by atoms with Crippen LogP contribution in [0.15, 0.2) is 218 Å². The van der Waals surface area contributed by atoms with Crippen LogP contribution in [-0.2, 0) is 0 Å². The Morgan fingerprint density at radius 1 is 0.315 bits per heavy atom. The molecule has 10 aromatic rings. The van der Waals surface area contributed by atoms with Gasteiger partial charge in [-0.25, -0.2) is 0 Å². The Kier molecular flexibility index (Phi) is 7.85. The van der Waals surface area contributed by atoms with Crippen LogP contribution in [0.5, 0.6) is 0 Å². The summed E-state index contributed by atoms with van der Waals surface area (Å²) < 4.78 is 2.37. The van der Waals surface area contributed by atoms with Gasteiger partial charge in [0.1, 0.15) is 0 Å². The van der Waals surface area contributed by atoms with Gasteiger partial charge in [-0.2, -0.15) is 0 Å². The topological polar surface area (TPSA) is 8.17 Å². The summed E-state index contributed by atoms with van der Waals surface area (Å²) >= 11 is 0. The molecule has 0 atom stereocenters. The van der Waals surface area contributed by atoms with Gasteiger partial charge < -0.3 is 9.47 Å². The second-order valence-corrected chi connectivity index (χ2v) is 13.7. The third-order valence-electron chi connectivity index (χ3n) is 10.6. The Balaban J connectivity index is 1.11. The van der Waals surface area contributed by atoms with Crippen LogP contribution in [0.4, 0.5) is 17.1 Å². The first-order valence-electron chi connectivity index (χ1n) is 18.5. The van der Waals surface area contributed by atoms with E-state index in [1.807, 2.05) is 0 Å². The highest BCUT2D eigenvalue weighted by Gasteiger charge is 2.19. The van der Waals surface area contributed by atoms with Crippen LogP contribution < -0.4 is 4.90 Å². The molecule has 0 aliphatic heterocycles. The third-order valence-corrected chi connectivity index (χ3v) is 10.6. The molecule has 0 saturated carbocycles. The van der Waals surface area contributed by atoms with Gasteiger partial charge in [0.05, 0.1) is 16.7 Å². The number of benzene rings is 9. The number of anilines is 3. The maximum Gasteiger partial charge on any atom is 0.0541 e. The largest absolute Gasteiger partial charge is 0.310 e. The fraction of sp³-hybridized carbons (Fsp3) is 0. The molecule has 254 valence electrons. The number of aromatic nitrogens is 1. The van der Waals surface area contributed by atoms with Crippen molar-refractivity contribution in [1.29, 1.82) is 0 Å². The Labute approximate surface area is 315 Å². The van der Waals surface area contributed by atoms with E-state index in [2.05, 4.69) is 228 Å². The summed E-state index contributed by atoms with van der Waals surface area (Å²) in [5.41, 5.74) is 14.1. The molecule has 0 fully saturated rings. The van der Waals surface area contributed by atoms with Crippen LogP contribution in [0.3, 0.4) is 0 Å². The predicted molar refractivity (Wildman–Crippen MR) is 229 cm³/mol. The summed E-state index contributed by atoms with van der Waals surface area (Å²) in [6, 6.07) is 78.8. The third kappa shape index (κ3) is 5.44. The van der Waals surface area contributed by atoms with Gasteiger partial charge in [-0.1, -0.05) is 164 Å². The minimum absolute atomic E-state index is 1.09. The van der Waals surface area contributed by atoms with Crippen LogP contribution in [0.2, 0.25) is 0 Å². The maximum atomic E-state index is 2.39. The smallest absolute Gasteiger partial charge is 0.0541 e. The fourth-order valence-corrected chi connectivity index (χ4v) is 8.14. The zero-order valence-corrected chi connectivity index (χ0v) is 29.7. The van der Waals surface area contributed by atoms with Crippen molar-refractivity contribution in [1.82, 2.24) is 4.57 Å². The van der Waals surface area contributed by atoms with Crippen molar-refractivity contribution < 1.29 is 0 Å². The van der Waals surface area contributed by atoms with E-state index in [1.165, 1.54) is 66.0 Å². The van der Waals surface area contributed by atoms with E-state index in [-0.39, 0.29) is 0 Å². The Bertz CT molecular complexity index is 2850. The first-order chi connectivity index (χ1) is 26.8. The minimum atomic E-state index is 1.09. The van der Waals surface area contributed by atoms with Crippen molar-refractivity contribution in [3.63, 3.8) is 0 Å². The monoisotopic (exact) mass is 688 g/mol. The van der Waals surface area contributed by atoms with Crippen molar-refractivity contribution >= 4 is 49.6 Å². The molecule has 0 aliphatic rings. The fourth-order valence-electron chi connectivity index (χ4n) is 8.14. The van der Waals surface area contributed by atoms with Crippen LogP contribution in [0, 0.1) is 0 Å². The van der Waals surface area contributed by atoms with Crippen LogP contribution >= 0.6 is 0 Å². The average Bonchev–Trinajstić information content (AvgIpc) is 3.59. The molecule has 2 heteroatoms. The molecule has 0 N–H and O–H groups in total. The van der Waals surface area contributed by atoms with E-state index in [0.717, 1.165) is 22.7 Å². The van der Waals surface area contributed by atoms with E-state index in [4.69, 9.17) is 0 Å². The molecule has 0 aliphatic carbocycles. The van der Waals surface area contributed by atoms with Gasteiger partial charge in [-0.3, -0.25) is 0 Å². The summed E-state index contributed by atoms with van der Waals surface area (Å²) in [6.45, 7) is 0. The lowest BCUT2D eigenvalue weighted by Crippen LogP contribution is -2.11. The zero-order valence-electron chi connectivity index (χ0n) is 29.7. The molecule has 10 rings (SSSR count). The van der Waals surface area contributed by atoms with Gasteiger partial charge >= 0.3 is 0 Å². The highest BCUT2D eigenvalue weighted by molar-refractivity contribution is 6.09. The molecule has 0 unspecified atom stereocenters. The Hall–Kier alpha value is -7.16. The molecule has 1 heterocycles. The molecule has 9 aromatic carbocycles. The van der Waals surface area contributed by atoms with Crippen molar-refractivity contribution in [3.05, 3.63) is 218 Å². The standard InChI is InChI=1S/C52H36N2/c1-3-15-37(16-4-1)44-21-7-10-26-49(44)53(42-33-35-43(36-34-42)54-50-27-11-8-22-47(50)48-23-9-12-28-51(48)54)41-31-29-39(30-32-41)46-25-14-20-40-19-13-24-45(52(40)46)38-17-5-2-6-18-38/h1-36H. The van der Waals surface area contributed by atoms with E-state index in [0.29, 0.717) is 0 Å². The summed E-state index contributed by atoms with van der Waals surface area (Å²) in [4.78, 5) is 2.39. The van der Waals surface area contributed by atoms with Crippen molar-refractivity contribution in [2.75, 3.05) is 4.90 Å². The SMILES string of the molecule is c1ccc(-c2ccccc2N(c2ccc(-c3cccc4cccc(-c5ccccc5)c34)cc2)c2ccc(-n3c4ccccc4c4ccccc43)cc2)cc1. The Morgan fingerprint density at radius 2 is 0.759 bits per heavy atom. The molecule has 0 radical (unpaired) electrons. The van der Waals surface area contributed by atoms with E-state index >= 15 is 0 Å². The van der Waals surface area contributed by atoms with Crippen molar-refractivity contribution in [2.45, 2.75) is 0 Å². The lowest BCUT2D eigenvalue weighted by atomic mass is 9.91. The molecule has 0 bridgehead atoms. The lowest BCUT2D eigenvalue weighted by molar-refractivity contribution is 1.17. The highest BCUT2D eigenvalue weighted by atomic mass is 15.1. The number of hydrogen-bond donors (Lipinski definition) is 0. The summed E-state index contributed by atoms with van der Waals surface area (Å²) in [5.74, 6) is 0. The molecule has 1 aromatic heterocycles. The molecular weight excluding hydrogens is 653 g/mol. The number of para-hydroxylation sites is 3. The van der Waals surface area contributed by atoms with Crippen molar-refractivity contribution in [3.8, 4) is 39.1 Å². The van der Waals surface area contributed by atoms with E-state index < -0.39 is 0 Å². The average molecular weight is 689 g/mol. The normalized spacial score (nSPS) is 11.3. The van der Waals surface area contributed by atoms with E-state index in [9.17, 15) is 0 Å². The van der Waals surface area contributed by atoms with Crippen LogP contribution in [0.1, 0.15) is 0 Å². The first-order valence-corrected chi connectivity index (χ1v) is 18.5. The predicted octanol–water partition coefficient (Wildman–Crippen LogP) is 14.4. The lowest BCUT2D eigenvalue weighted by Gasteiger charge is -2.28. The first kappa shape index (κ1) is 31.6. The second-order valence-electron chi connectivity index (χ2n) is 13.7. The van der Waals surface area contributed by atoms with Gasteiger partial charge in [0, 0.05) is 33.4 Å². The van der Waals surface area contributed by atoms with Gasteiger partial charge in [0.25, 0.3) is 0 Å².